The number of morpholine rings is 1. The minimum Gasteiger partial charge on any atom is -0.379 e. The van der Waals surface area contributed by atoms with Crippen LogP contribution in [0.5, 0.6) is 0 Å². The third kappa shape index (κ3) is 3.05. The van der Waals surface area contributed by atoms with Crippen molar-refractivity contribution in [3.05, 3.63) is 35.9 Å². The zero-order valence-electron chi connectivity index (χ0n) is 9.36. The van der Waals surface area contributed by atoms with E-state index in [2.05, 4.69) is 42.2 Å². The van der Waals surface area contributed by atoms with Crippen molar-refractivity contribution in [2.75, 3.05) is 26.3 Å². The third-order valence-corrected chi connectivity index (χ3v) is 3.04. The standard InChI is InChI=1S/C13H19NO/c1-12(14-7-9-15-10-8-14)11-13-5-3-2-4-6-13/h2-6,12H,7-11H2,1H3. The molecule has 2 nitrogen and oxygen atoms in total. The Hall–Kier alpha value is -0.860. The predicted molar refractivity (Wildman–Crippen MR) is 62.0 cm³/mol. The molecule has 0 spiro atoms. The van der Waals surface area contributed by atoms with Crippen LogP contribution in [0.1, 0.15) is 12.5 Å². The highest BCUT2D eigenvalue weighted by atomic mass is 16.5. The molecule has 0 saturated carbocycles. The van der Waals surface area contributed by atoms with Crippen molar-refractivity contribution in [1.29, 1.82) is 0 Å². The van der Waals surface area contributed by atoms with Gasteiger partial charge >= 0.3 is 0 Å². The van der Waals surface area contributed by atoms with Crippen molar-refractivity contribution in [3.8, 4) is 0 Å². The lowest BCUT2D eigenvalue weighted by Gasteiger charge is -2.32. The van der Waals surface area contributed by atoms with Crippen molar-refractivity contribution in [3.63, 3.8) is 0 Å². The number of hydrogen-bond donors (Lipinski definition) is 0. The Morgan fingerprint density at radius 3 is 2.53 bits per heavy atom. The van der Waals surface area contributed by atoms with Crippen LogP contribution >= 0.6 is 0 Å². The maximum Gasteiger partial charge on any atom is 0.0594 e. The molecule has 0 aromatic heterocycles. The molecule has 2 rings (SSSR count). The first kappa shape index (κ1) is 10.7. The lowest BCUT2D eigenvalue weighted by molar-refractivity contribution is 0.0203. The summed E-state index contributed by atoms with van der Waals surface area (Å²) < 4.78 is 5.36. The predicted octanol–water partition coefficient (Wildman–Crippen LogP) is 1.95. The Morgan fingerprint density at radius 1 is 1.20 bits per heavy atom. The Bertz CT molecular complexity index is 280. The first-order chi connectivity index (χ1) is 7.36. The summed E-state index contributed by atoms with van der Waals surface area (Å²) in [7, 11) is 0. The Kier molecular flexibility index (Phi) is 3.75. The second kappa shape index (κ2) is 5.29. The molecule has 1 aliphatic heterocycles. The quantitative estimate of drug-likeness (QED) is 0.748. The smallest absolute Gasteiger partial charge is 0.0594 e. The molecular weight excluding hydrogens is 186 g/mol. The van der Waals surface area contributed by atoms with Crippen molar-refractivity contribution in [2.45, 2.75) is 19.4 Å². The summed E-state index contributed by atoms with van der Waals surface area (Å²) in [6.45, 7) is 6.23. The van der Waals surface area contributed by atoms with Gasteiger partial charge in [-0.1, -0.05) is 30.3 Å². The van der Waals surface area contributed by atoms with E-state index in [-0.39, 0.29) is 0 Å². The molecule has 0 amide bonds. The molecular formula is C13H19NO. The van der Waals surface area contributed by atoms with Gasteiger partial charge in [-0.05, 0) is 18.9 Å². The van der Waals surface area contributed by atoms with E-state index in [0.29, 0.717) is 6.04 Å². The summed E-state index contributed by atoms with van der Waals surface area (Å²) in [5.74, 6) is 0. The van der Waals surface area contributed by atoms with Crippen LogP contribution in [0.3, 0.4) is 0 Å². The Labute approximate surface area is 91.9 Å². The van der Waals surface area contributed by atoms with Gasteiger partial charge in [-0.2, -0.15) is 0 Å². The van der Waals surface area contributed by atoms with E-state index in [1.165, 1.54) is 5.56 Å². The van der Waals surface area contributed by atoms with Crippen molar-refractivity contribution in [2.24, 2.45) is 0 Å². The average molecular weight is 205 g/mol. The van der Waals surface area contributed by atoms with Crippen LogP contribution in [-0.2, 0) is 11.2 Å². The van der Waals surface area contributed by atoms with Crippen LogP contribution in [0.15, 0.2) is 30.3 Å². The van der Waals surface area contributed by atoms with Gasteiger partial charge in [-0.15, -0.1) is 0 Å². The van der Waals surface area contributed by atoms with Crippen LogP contribution < -0.4 is 0 Å². The number of hydrogen-bond acceptors (Lipinski definition) is 2. The lowest BCUT2D eigenvalue weighted by atomic mass is 10.1. The maximum atomic E-state index is 5.36. The van der Waals surface area contributed by atoms with Crippen LogP contribution in [-0.4, -0.2) is 37.2 Å². The van der Waals surface area contributed by atoms with Gasteiger partial charge in [0.05, 0.1) is 13.2 Å². The van der Waals surface area contributed by atoms with Gasteiger partial charge in [-0.3, -0.25) is 4.90 Å². The van der Waals surface area contributed by atoms with Crippen LogP contribution in [0.4, 0.5) is 0 Å². The van der Waals surface area contributed by atoms with Crippen molar-refractivity contribution in [1.82, 2.24) is 4.90 Å². The molecule has 1 fully saturated rings. The SMILES string of the molecule is CC(Cc1ccccc1)N1CCOCC1. The van der Waals surface area contributed by atoms with E-state index in [0.717, 1.165) is 32.7 Å². The monoisotopic (exact) mass is 205 g/mol. The molecule has 1 aromatic carbocycles. The number of benzene rings is 1. The summed E-state index contributed by atoms with van der Waals surface area (Å²) >= 11 is 0. The molecule has 1 atom stereocenters. The molecule has 0 aliphatic carbocycles. The van der Waals surface area contributed by atoms with Gasteiger partial charge in [-0.25, -0.2) is 0 Å². The molecule has 0 radical (unpaired) electrons. The molecule has 1 heterocycles. The van der Waals surface area contributed by atoms with Gasteiger partial charge in [0.15, 0.2) is 0 Å². The summed E-state index contributed by atoms with van der Waals surface area (Å²) in [5.41, 5.74) is 1.43. The molecule has 1 saturated heterocycles. The van der Waals surface area contributed by atoms with Gasteiger partial charge in [0, 0.05) is 19.1 Å². The normalized spacial score (nSPS) is 20.1. The lowest BCUT2D eigenvalue weighted by Crippen LogP contribution is -2.43. The van der Waals surface area contributed by atoms with Crippen LogP contribution in [0.2, 0.25) is 0 Å². The maximum absolute atomic E-state index is 5.36. The molecule has 1 unspecified atom stereocenters. The zero-order chi connectivity index (χ0) is 10.5. The molecule has 15 heavy (non-hydrogen) atoms. The van der Waals surface area contributed by atoms with Crippen LogP contribution in [0.25, 0.3) is 0 Å². The second-order valence-electron chi connectivity index (χ2n) is 4.19. The molecule has 2 heteroatoms. The third-order valence-electron chi connectivity index (χ3n) is 3.04. The molecule has 1 aliphatic rings. The number of ether oxygens (including phenoxy) is 1. The second-order valence-corrected chi connectivity index (χ2v) is 4.19. The fourth-order valence-electron chi connectivity index (χ4n) is 2.10. The van der Waals surface area contributed by atoms with Crippen LogP contribution in [0, 0.1) is 0 Å². The largest absolute Gasteiger partial charge is 0.379 e. The number of rotatable bonds is 3. The topological polar surface area (TPSA) is 12.5 Å². The van der Waals surface area contributed by atoms with Gasteiger partial charge in [0.2, 0.25) is 0 Å². The molecule has 1 aromatic rings. The summed E-state index contributed by atoms with van der Waals surface area (Å²) in [5, 5.41) is 0. The fourth-order valence-corrected chi connectivity index (χ4v) is 2.10. The summed E-state index contributed by atoms with van der Waals surface area (Å²) in [6.07, 6.45) is 1.14. The van der Waals surface area contributed by atoms with E-state index in [1.54, 1.807) is 0 Å². The van der Waals surface area contributed by atoms with Gasteiger partial charge in [0.25, 0.3) is 0 Å². The van der Waals surface area contributed by atoms with E-state index in [4.69, 9.17) is 4.74 Å². The van der Waals surface area contributed by atoms with E-state index in [1.807, 2.05) is 0 Å². The Balaban J connectivity index is 1.88. The Morgan fingerprint density at radius 2 is 1.87 bits per heavy atom. The average Bonchev–Trinajstić information content (AvgIpc) is 2.31. The number of nitrogens with zero attached hydrogens (tertiary/aromatic N) is 1. The van der Waals surface area contributed by atoms with E-state index in [9.17, 15) is 0 Å². The molecule has 0 N–H and O–H groups in total. The van der Waals surface area contributed by atoms with Crippen molar-refractivity contribution >= 4 is 0 Å². The molecule has 82 valence electrons. The highest BCUT2D eigenvalue weighted by Crippen LogP contribution is 2.10. The first-order valence-electron chi connectivity index (χ1n) is 5.72. The minimum absolute atomic E-state index is 0.622. The van der Waals surface area contributed by atoms with E-state index < -0.39 is 0 Å². The van der Waals surface area contributed by atoms with Gasteiger partial charge in [0.1, 0.15) is 0 Å². The first-order valence-corrected chi connectivity index (χ1v) is 5.72. The van der Waals surface area contributed by atoms with E-state index >= 15 is 0 Å². The molecule has 0 bridgehead atoms. The van der Waals surface area contributed by atoms with Gasteiger partial charge < -0.3 is 4.74 Å². The minimum atomic E-state index is 0.622. The zero-order valence-corrected chi connectivity index (χ0v) is 9.36. The highest BCUT2D eigenvalue weighted by molar-refractivity contribution is 5.15. The highest BCUT2D eigenvalue weighted by Gasteiger charge is 2.16. The fraction of sp³-hybridized carbons (Fsp3) is 0.538. The van der Waals surface area contributed by atoms with Crippen molar-refractivity contribution < 1.29 is 4.74 Å². The summed E-state index contributed by atoms with van der Waals surface area (Å²) in [4.78, 5) is 2.51. The summed E-state index contributed by atoms with van der Waals surface area (Å²) in [6, 6.07) is 11.3.